The van der Waals surface area contributed by atoms with Crippen molar-refractivity contribution >= 4 is 23.3 Å². The van der Waals surface area contributed by atoms with E-state index in [9.17, 15) is 9.59 Å². The van der Waals surface area contributed by atoms with E-state index in [2.05, 4.69) is 33.9 Å². The number of hydrogen-bond acceptors (Lipinski definition) is 4. The topological polar surface area (TPSA) is 61.4 Å². The lowest BCUT2D eigenvalue weighted by Gasteiger charge is -2.32. The fraction of sp³-hybridized carbons (Fsp3) is 0.625. The Morgan fingerprint density at radius 3 is 2.91 bits per heavy atom. The fourth-order valence-corrected chi connectivity index (χ4v) is 4.38. The number of fused-ring (bicyclic) bond motifs is 1. The first-order chi connectivity index (χ1) is 10.6. The zero-order chi connectivity index (χ0) is 15.5. The Hall–Kier alpha value is -1.40. The molecule has 0 radical (unpaired) electrons. The number of nitrogens with one attached hydrogen (secondary N) is 2. The average molecular weight is 321 g/mol. The molecule has 0 aromatic carbocycles. The summed E-state index contributed by atoms with van der Waals surface area (Å²) in [5, 5.41) is 7.46. The molecule has 1 atom stereocenters. The highest BCUT2D eigenvalue weighted by Crippen LogP contribution is 2.32. The third-order valence-electron chi connectivity index (χ3n) is 4.69. The van der Waals surface area contributed by atoms with Gasteiger partial charge in [-0.05, 0) is 43.2 Å². The number of carbonyl (C=O) groups is 2. The van der Waals surface area contributed by atoms with Crippen molar-refractivity contribution < 1.29 is 9.59 Å². The highest BCUT2D eigenvalue weighted by atomic mass is 32.1. The third kappa shape index (κ3) is 3.50. The summed E-state index contributed by atoms with van der Waals surface area (Å²) in [6.45, 7) is 3.26. The van der Waals surface area contributed by atoms with Gasteiger partial charge < -0.3 is 5.32 Å². The van der Waals surface area contributed by atoms with E-state index >= 15 is 0 Å². The van der Waals surface area contributed by atoms with Crippen LogP contribution in [0.1, 0.15) is 49.1 Å². The molecule has 120 valence electrons. The second kappa shape index (κ2) is 6.79. The number of thiophene rings is 1. The zero-order valence-corrected chi connectivity index (χ0v) is 13.7. The first kappa shape index (κ1) is 15.5. The maximum absolute atomic E-state index is 12.1. The van der Waals surface area contributed by atoms with Crippen molar-refractivity contribution in [1.82, 2.24) is 15.5 Å². The standard InChI is InChI=1S/C16H23N3O2S/c1-11-13-7-9-22-14(13)6-8-19(11)10-15(20)18-16(21)17-12-4-2-3-5-12/h7,9,11-12H,2-6,8,10H2,1H3,(H2,17,18,20,21). The van der Waals surface area contributed by atoms with E-state index in [4.69, 9.17) is 0 Å². The van der Waals surface area contributed by atoms with Gasteiger partial charge in [-0.1, -0.05) is 12.8 Å². The molecule has 0 bridgehead atoms. The molecule has 6 heteroatoms. The molecule has 1 aliphatic carbocycles. The molecule has 0 saturated heterocycles. The molecule has 2 aliphatic rings. The summed E-state index contributed by atoms with van der Waals surface area (Å²) in [6, 6.07) is 2.26. The number of imide groups is 1. The summed E-state index contributed by atoms with van der Waals surface area (Å²) < 4.78 is 0. The highest BCUT2D eigenvalue weighted by Gasteiger charge is 2.26. The quantitative estimate of drug-likeness (QED) is 0.899. The van der Waals surface area contributed by atoms with Crippen LogP contribution in [0, 0.1) is 0 Å². The maximum atomic E-state index is 12.1. The van der Waals surface area contributed by atoms with Gasteiger partial charge in [0.25, 0.3) is 0 Å². The molecule has 1 fully saturated rings. The Kier molecular flexibility index (Phi) is 4.78. The van der Waals surface area contributed by atoms with E-state index in [0.29, 0.717) is 0 Å². The molecule has 2 N–H and O–H groups in total. The smallest absolute Gasteiger partial charge is 0.321 e. The monoisotopic (exact) mass is 321 g/mol. The maximum Gasteiger partial charge on any atom is 0.321 e. The molecule has 3 amide bonds. The normalized spacial score (nSPS) is 22.3. The molecule has 1 unspecified atom stereocenters. The second-order valence-electron chi connectivity index (χ2n) is 6.20. The molecule has 1 aromatic rings. The van der Waals surface area contributed by atoms with Gasteiger partial charge in [-0.25, -0.2) is 4.79 Å². The first-order valence-electron chi connectivity index (χ1n) is 8.04. The number of hydrogen-bond donors (Lipinski definition) is 2. The van der Waals surface area contributed by atoms with Crippen LogP contribution in [0.25, 0.3) is 0 Å². The lowest BCUT2D eigenvalue weighted by Crippen LogP contribution is -2.48. The number of urea groups is 1. The molecule has 3 rings (SSSR count). The molecule has 1 saturated carbocycles. The summed E-state index contributed by atoms with van der Waals surface area (Å²) in [6.07, 6.45) is 5.34. The second-order valence-corrected chi connectivity index (χ2v) is 7.20. The van der Waals surface area contributed by atoms with Crippen molar-refractivity contribution in [2.75, 3.05) is 13.1 Å². The Morgan fingerprint density at radius 2 is 2.14 bits per heavy atom. The van der Waals surface area contributed by atoms with E-state index in [1.54, 1.807) is 11.3 Å². The average Bonchev–Trinajstić information content (AvgIpc) is 3.12. The first-order valence-corrected chi connectivity index (χ1v) is 8.92. The zero-order valence-electron chi connectivity index (χ0n) is 12.9. The Labute approximate surface area is 135 Å². The number of carbonyl (C=O) groups excluding carboxylic acids is 2. The molecule has 1 aliphatic heterocycles. The van der Waals surface area contributed by atoms with Gasteiger partial charge in [-0.2, -0.15) is 0 Å². The van der Waals surface area contributed by atoms with Crippen LogP contribution in [-0.4, -0.2) is 36.0 Å². The third-order valence-corrected chi connectivity index (χ3v) is 5.69. The molecule has 0 spiro atoms. The van der Waals surface area contributed by atoms with Crippen molar-refractivity contribution in [3.8, 4) is 0 Å². The van der Waals surface area contributed by atoms with E-state index < -0.39 is 0 Å². The van der Waals surface area contributed by atoms with Crippen LogP contribution in [0.4, 0.5) is 4.79 Å². The predicted octanol–water partition coefficient (Wildman–Crippen LogP) is 2.44. The minimum atomic E-state index is -0.349. The van der Waals surface area contributed by atoms with Crippen LogP contribution < -0.4 is 10.6 Å². The Bertz CT molecular complexity index is 551. The van der Waals surface area contributed by atoms with Crippen molar-refractivity contribution in [1.29, 1.82) is 0 Å². The van der Waals surface area contributed by atoms with Crippen molar-refractivity contribution in [2.24, 2.45) is 0 Å². The Balaban J connectivity index is 1.48. The largest absolute Gasteiger partial charge is 0.335 e. The van der Waals surface area contributed by atoms with E-state index in [0.717, 1.165) is 38.6 Å². The van der Waals surface area contributed by atoms with Crippen molar-refractivity contribution in [3.63, 3.8) is 0 Å². The van der Waals surface area contributed by atoms with Crippen LogP contribution in [-0.2, 0) is 11.2 Å². The summed E-state index contributed by atoms with van der Waals surface area (Å²) in [5.41, 5.74) is 1.32. The van der Waals surface area contributed by atoms with Gasteiger partial charge in [0.1, 0.15) is 0 Å². The number of nitrogens with zero attached hydrogens (tertiary/aromatic N) is 1. The van der Waals surface area contributed by atoms with Gasteiger partial charge in [0.2, 0.25) is 5.91 Å². The van der Waals surface area contributed by atoms with Crippen molar-refractivity contribution in [3.05, 3.63) is 21.9 Å². The fourth-order valence-electron chi connectivity index (χ4n) is 3.42. The number of rotatable bonds is 3. The van der Waals surface area contributed by atoms with Crippen LogP contribution in [0.5, 0.6) is 0 Å². The summed E-state index contributed by atoms with van der Waals surface area (Å²) in [7, 11) is 0. The van der Waals surface area contributed by atoms with Gasteiger partial charge in [-0.15, -0.1) is 11.3 Å². The predicted molar refractivity (Wildman–Crippen MR) is 86.9 cm³/mol. The number of amides is 3. The molecular weight excluding hydrogens is 298 g/mol. The molecule has 1 aromatic heterocycles. The minimum Gasteiger partial charge on any atom is -0.335 e. The Morgan fingerprint density at radius 1 is 1.36 bits per heavy atom. The van der Waals surface area contributed by atoms with Gasteiger partial charge in [0.05, 0.1) is 6.54 Å². The van der Waals surface area contributed by atoms with Crippen molar-refractivity contribution in [2.45, 2.75) is 51.1 Å². The lowest BCUT2D eigenvalue weighted by atomic mass is 10.0. The van der Waals surface area contributed by atoms with Gasteiger partial charge in [0.15, 0.2) is 0 Å². The van der Waals surface area contributed by atoms with Gasteiger partial charge >= 0.3 is 6.03 Å². The van der Waals surface area contributed by atoms with E-state index in [1.807, 2.05) is 0 Å². The molecule has 5 nitrogen and oxygen atoms in total. The van der Waals surface area contributed by atoms with Crippen LogP contribution in [0.2, 0.25) is 0 Å². The SMILES string of the molecule is CC1c2ccsc2CCN1CC(=O)NC(=O)NC1CCCC1. The highest BCUT2D eigenvalue weighted by molar-refractivity contribution is 7.10. The van der Waals surface area contributed by atoms with E-state index in [1.165, 1.54) is 10.4 Å². The summed E-state index contributed by atoms with van der Waals surface area (Å²) in [5.74, 6) is -0.221. The minimum absolute atomic E-state index is 0.221. The van der Waals surface area contributed by atoms with Crippen LogP contribution >= 0.6 is 11.3 Å². The van der Waals surface area contributed by atoms with Crippen LogP contribution in [0.15, 0.2) is 11.4 Å². The van der Waals surface area contributed by atoms with Gasteiger partial charge in [0, 0.05) is 23.5 Å². The molecule has 22 heavy (non-hydrogen) atoms. The molecular formula is C16H23N3O2S. The van der Waals surface area contributed by atoms with Gasteiger partial charge in [-0.3, -0.25) is 15.0 Å². The van der Waals surface area contributed by atoms with E-state index in [-0.39, 0.29) is 30.6 Å². The summed E-state index contributed by atoms with van der Waals surface area (Å²) >= 11 is 1.79. The summed E-state index contributed by atoms with van der Waals surface area (Å²) in [4.78, 5) is 27.5. The lowest BCUT2D eigenvalue weighted by molar-refractivity contribution is -0.121. The molecule has 2 heterocycles. The van der Waals surface area contributed by atoms with Crippen LogP contribution in [0.3, 0.4) is 0 Å².